The summed E-state index contributed by atoms with van der Waals surface area (Å²) in [6.07, 6.45) is 7.43. The fourth-order valence-corrected chi connectivity index (χ4v) is 3.84. The van der Waals surface area contributed by atoms with Crippen LogP contribution in [0.15, 0.2) is 55.1 Å². The number of pyridine rings is 2. The molecule has 0 saturated carbocycles. The van der Waals surface area contributed by atoms with Crippen LogP contribution in [0.2, 0.25) is 0 Å². The first-order valence-electron chi connectivity index (χ1n) is 9.72. The second kappa shape index (κ2) is 7.21. The maximum atomic E-state index is 5.63. The van der Waals surface area contributed by atoms with Crippen LogP contribution in [0.25, 0.3) is 16.9 Å². The second-order valence-corrected chi connectivity index (χ2v) is 7.25. The standard InChI is InChI=1S/C21H23N7O/c1-15-14-29-11-10-27(15)20-12-18(26(2)16-4-3-7-22-13-16)17-6-9-28(21(17)24-20)19-5-8-23-25-19/h3-9,12-13,15H,10-11,14H2,1-2H3,(H,23,25)/t15-/m1/s1. The fourth-order valence-electron chi connectivity index (χ4n) is 3.84. The minimum absolute atomic E-state index is 0.265. The smallest absolute Gasteiger partial charge is 0.150 e. The molecular weight excluding hydrogens is 366 g/mol. The van der Waals surface area contributed by atoms with Crippen molar-refractivity contribution >= 4 is 28.2 Å². The Bertz CT molecular complexity index is 1110. The van der Waals surface area contributed by atoms with Gasteiger partial charge in [-0.05, 0) is 25.1 Å². The SMILES string of the molecule is C[C@@H]1COCCN1c1cc(N(C)c2cccnc2)c2ccn(-c3ccn[nH]3)c2n1. The molecule has 1 fully saturated rings. The van der Waals surface area contributed by atoms with Crippen molar-refractivity contribution in [2.24, 2.45) is 0 Å². The highest BCUT2D eigenvalue weighted by Gasteiger charge is 2.23. The normalized spacial score (nSPS) is 17.0. The summed E-state index contributed by atoms with van der Waals surface area (Å²) in [5, 5.41) is 8.20. The molecule has 4 aromatic heterocycles. The van der Waals surface area contributed by atoms with E-state index < -0.39 is 0 Å². The van der Waals surface area contributed by atoms with Gasteiger partial charge in [0.05, 0.1) is 43.0 Å². The monoisotopic (exact) mass is 389 g/mol. The van der Waals surface area contributed by atoms with Crippen LogP contribution in [0.5, 0.6) is 0 Å². The summed E-state index contributed by atoms with van der Waals surface area (Å²) in [6.45, 7) is 4.40. The molecule has 148 valence electrons. The van der Waals surface area contributed by atoms with Crippen LogP contribution in [-0.2, 0) is 4.74 Å². The van der Waals surface area contributed by atoms with E-state index in [4.69, 9.17) is 9.72 Å². The van der Waals surface area contributed by atoms with Crippen LogP contribution < -0.4 is 9.80 Å². The van der Waals surface area contributed by atoms with E-state index in [0.29, 0.717) is 13.2 Å². The minimum atomic E-state index is 0.265. The van der Waals surface area contributed by atoms with E-state index in [-0.39, 0.29) is 6.04 Å². The number of rotatable bonds is 4. The summed E-state index contributed by atoms with van der Waals surface area (Å²) in [7, 11) is 2.06. The molecule has 5 rings (SSSR count). The number of aromatic nitrogens is 5. The topological polar surface area (TPSA) is 75.1 Å². The zero-order valence-electron chi connectivity index (χ0n) is 16.5. The lowest BCUT2D eigenvalue weighted by Crippen LogP contribution is -2.44. The summed E-state index contributed by atoms with van der Waals surface area (Å²) in [6, 6.07) is 10.5. The molecule has 29 heavy (non-hydrogen) atoms. The van der Waals surface area contributed by atoms with E-state index in [0.717, 1.165) is 40.6 Å². The molecule has 4 aromatic rings. The molecule has 0 radical (unpaired) electrons. The van der Waals surface area contributed by atoms with Crippen molar-refractivity contribution in [3.05, 3.63) is 55.1 Å². The van der Waals surface area contributed by atoms with Crippen LogP contribution in [0.3, 0.4) is 0 Å². The van der Waals surface area contributed by atoms with Crippen molar-refractivity contribution in [3.63, 3.8) is 0 Å². The molecule has 1 saturated heterocycles. The molecule has 1 aliphatic rings. The summed E-state index contributed by atoms with van der Waals surface area (Å²) in [4.78, 5) is 13.8. The van der Waals surface area contributed by atoms with Crippen LogP contribution in [0, 0.1) is 0 Å². The first kappa shape index (κ1) is 17.7. The van der Waals surface area contributed by atoms with Crippen molar-refractivity contribution in [2.45, 2.75) is 13.0 Å². The number of H-pyrrole nitrogens is 1. The van der Waals surface area contributed by atoms with E-state index in [2.05, 4.69) is 57.2 Å². The lowest BCUT2D eigenvalue weighted by Gasteiger charge is -2.35. The Morgan fingerprint density at radius 2 is 2.17 bits per heavy atom. The van der Waals surface area contributed by atoms with E-state index in [1.54, 1.807) is 12.4 Å². The third-order valence-corrected chi connectivity index (χ3v) is 5.42. The van der Waals surface area contributed by atoms with E-state index in [1.165, 1.54) is 0 Å². The van der Waals surface area contributed by atoms with Crippen LogP contribution in [-0.4, -0.2) is 57.6 Å². The predicted octanol–water partition coefficient (Wildman–Crippen LogP) is 3.14. The van der Waals surface area contributed by atoms with Gasteiger partial charge in [-0.2, -0.15) is 5.10 Å². The summed E-state index contributed by atoms with van der Waals surface area (Å²) in [5.74, 6) is 1.83. The number of nitrogens with zero attached hydrogens (tertiary/aromatic N) is 6. The highest BCUT2D eigenvalue weighted by molar-refractivity contribution is 5.95. The van der Waals surface area contributed by atoms with Crippen LogP contribution in [0.1, 0.15) is 6.92 Å². The van der Waals surface area contributed by atoms with Gasteiger partial charge in [0.15, 0.2) is 0 Å². The van der Waals surface area contributed by atoms with Gasteiger partial charge in [0.2, 0.25) is 0 Å². The molecule has 0 aromatic carbocycles. The quantitative estimate of drug-likeness (QED) is 0.578. The van der Waals surface area contributed by atoms with Crippen molar-refractivity contribution in [3.8, 4) is 5.82 Å². The van der Waals surface area contributed by atoms with Crippen molar-refractivity contribution in [1.82, 2.24) is 24.7 Å². The molecule has 8 heteroatoms. The number of aromatic amines is 1. The highest BCUT2D eigenvalue weighted by atomic mass is 16.5. The number of hydrogen-bond acceptors (Lipinski definition) is 6. The molecule has 5 heterocycles. The summed E-state index contributed by atoms with van der Waals surface area (Å²) >= 11 is 0. The van der Waals surface area contributed by atoms with Gasteiger partial charge in [0.1, 0.15) is 17.3 Å². The van der Waals surface area contributed by atoms with Gasteiger partial charge in [-0.15, -0.1) is 0 Å². The number of morpholine rings is 1. The molecule has 8 nitrogen and oxygen atoms in total. The molecule has 0 spiro atoms. The maximum Gasteiger partial charge on any atom is 0.150 e. The molecule has 1 N–H and O–H groups in total. The molecule has 0 unspecified atom stereocenters. The summed E-state index contributed by atoms with van der Waals surface area (Å²) in [5.41, 5.74) is 2.99. The van der Waals surface area contributed by atoms with Gasteiger partial charge < -0.3 is 14.5 Å². The number of hydrogen-bond donors (Lipinski definition) is 1. The lowest BCUT2D eigenvalue weighted by molar-refractivity contribution is 0.0986. The Morgan fingerprint density at radius 3 is 2.93 bits per heavy atom. The first-order valence-corrected chi connectivity index (χ1v) is 9.72. The second-order valence-electron chi connectivity index (χ2n) is 7.25. The molecule has 1 atom stereocenters. The molecule has 0 bridgehead atoms. The molecule has 0 amide bonds. The zero-order valence-corrected chi connectivity index (χ0v) is 16.5. The number of ether oxygens (including phenoxy) is 1. The molecule has 1 aliphatic heterocycles. The minimum Gasteiger partial charge on any atom is -0.377 e. The van der Waals surface area contributed by atoms with Gasteiger partial charge in [-0.1, -0.05) is 0 Å². The lowest BCUT2D eigenvalue weighted by atomic mass is 10.2. The summed E-state index contributed by atoms with van der Waals surface area (Å²) < 4.78 is 7.67. The Kier molecular flexibility index (Phi) is 4.40. The fraction of sp³-hybridized carbons (Fsp3) is 0.286. The Morgan fingerprint density at radius 1 is 1.24 bits per heavy atom. The highest BCUT2D eigenvalue weighted by Crippen LogP contribution is 2.35. The van der Waals surface area contributed by atoms with Gasteiger partial charge in [-0.3, -0.25) is 14.6 Å². The number of anilines is 3. The third-order valence-electron chi connectivity index (χ3n) is 5.42. The van der Waals surface area contributed by atoms with Crippen molar-refractivity contribution in [2.75, 3.05) is 36.6 Å². The van der Waals surface area contributed by atoms with E-state index >= 15 is 0 Å². The van der Waals surface area contributed by atoms with Gasteiger partial charge in [0, 0.05) is 43.5 Å². The Labute approximate surface area is 168 Å². The van der Waals surface area contributed by atoms with Crippen molar-refractivity contribution in [1.29, 1.82) is 0 Å². The zero-order chi connectivity index (χ0) is 19.8. The largest absolute Gasteiger partial charge is 0.377 e. The third kappa shape index (κ3) is 3.11. The van der Waals surface area contributed by atoms with Crippen molar-refractivity contribution < 1.29 is 4.74 Å². The maximum absolute atomic E-state index is 5.63. The molecular formula is C21H23N7O. The van der Waals surface area contributed by atoms with Crippen LogP contribution >= 0.6 is 0 Å². The predicted molar refractivity (Wildman–Crippen MR) is 113 cm³/mol. The number of fused-ring (bicyclic) bond motifs is 1. The van der Waals surface area contributed by atoms with E-state index in [9.17, 15) is 0 Å². The average molecular weight is 389 g/mol. The molecule has 0 aliphatic carbocycles. The Hall–Kier alpha value is -3.39. The Balaban J connectivity index is 1.70. The van der Waals surface area contributed by atoms with Gasteiger partial charge >= 0.3 is 0 Å². The van der Waals surface area contributed by atoms with Gasteiger partial charge in [-0.25, -0.2) is 4.98 Å². The average Bonchev–Trinajstić information content (AvgIpc) is 3.43. The van der Waals surface area contributed by atoms with E-state index in [1.807, 2.05) is 29.1 Å². The number of nitrogens with one attached hydrogen (secondary N) is 1. The van der Waals surface area contributed by atoms with Crippen LogP contribution in [0.4, 0.5) is 17.2 Å². The first-order chi connectivity index (χ1) is 14.2. The van der Waals surface area contributed by atoms with Gasteiger partial charge in [0.25, 0.3) is 0 Å².